The van der Waals surface area contributed by atoms with Crippen LogP contribution in [-0.4, -0.2) is 114 Å². The molecule has 0 saturated carbocycles. The molecule has 1 fully saturated rings. The summed E-state index contributed by atoms with van der Waals surface area (Å²) in [7, 11) is 0. The highest BCUT2D eigenvalue weighted by atomic mass is 35.5. The molecule has 0 aliphatic carbocycles. The summed E-state index contributed by atoms with van der Waals surface area (Å²) in [5, 5.41) is 29.9. The Labute approximate surface area is 374 Å². The maximum atomic E-state index is 14.5. The SMILES string of the molecule is CC(C)[C@H](CO)NC(=O)Nc1ccc(C[C@@H](C(=O)Nc2ccc3c(c2)cc(C(=O)OC(C)(C)C)n3C(=O)OC(C)(C)C)N2CCN(c3cc(Cl)ccc3-n3cnnn3)C(=O)C2=O)cc1. The van der Waals surface area contributed by atoms with Crippen molar-refractivity contribution in [2.24, 2.45) is 5.92 Å². The van der Waals surface area contributed by atoms with Gasteiger partial charge in [0.2, 0.25) is 5.91 Å². The summed E-state index contributed by atoms with van der Waals surface area (Å²) in [5.41, 5.74) is 0.404. The van der Waals surface area contributed by atoms with E-state index in [1.165, 1.54) is 39.0 Å². The number of carbonyl (C=O) groups is 6. The van der Waals surface area contributed by atoms with Crippen LogP contribution in [0.1, 0.15) is 71.4 Å². The van der Waals surface area contributed by atoms with Crippen LogP contribution < -0.4 is 20.9 Å². The first-order valence-electron chi connectivity index (χ1n) is 20.5. The zero-order valence-electron chi connectivity index (χ0n) is 36.7. The Kier molecular flexibility index (Phi) is 13.7. The molecule has 1 saturated heterocycles. The van der Waals surface area contributed by atoms with Gasteiger partial charge in [0, 0.05) is 41.3 Å². The minimum Gasteiger partial charge on any atom is -0.455 e. The normalized spacial score (nSPS) is 14.4. The summed E-state index contributed by atoms with van der Waals surface area (Å²) in [6.45, 7) is 13.6. The Balaban J connectivity index is 1.31. The van der Waals surface area contributed by atoms with Crippen molar-refractivity contribution in [3.8, 4) is 5.69 Å². The fraction of sp³-hybridized carbons (Fsp3) is 0.386. The van der Waals surface area contributed by atoms with E-state index in [0.717, 1.165) is 4.57 Å². The molecule has 0 radical (unpaired) electrons. The highest BCUT2D eigenvalue weighted by Gasteiger charge is 2.41. The number of amides is 5. The van der Waals surface area contributed by atoms with Crippen LogP contribution in [0.2, 0.25) is 5.02 Å². The predicted octanol–water partition coefficient (Wildman–Crippen LogP) is 5.57. The van der Waals surface area contributed by atoms with Crippen molar-refractivity contribution in [1.29, 1.82) is 0 Å². The summed E-state index contributed by atoms with van der Waals surface area (Å²) in [5.74, 6) is -3.30. The number of esters is 1. The van der Waals surface area contributed by atoms with Crippen molar-refractivity contribution < 1.29 is 43.3 Å². The second-order valence-corrected chi connectivity index (χ2v) is 17.9. The number of hydrogen-bond acceptors (Lipinski definition) is 12. The van der Waals surface area contributed by atoms with Crippen LogP contribution in [0, 0.1) is 5.92 Å². The maximum absolute atomic E-state index is 14.5. The van der Waals surface area contributed by atoms with Crippen molar-refractivity contribution in [3.05, 3.63) is 89.3 Å². The van der Waals surface area contributed by atoms with Crippen LogP contribution >= 0.6 is 11.6 Å². The monoisotopic (exact) mass is 898 g/mol. The summed E-state index contributed by atoms with van der Waals surface area (Å²) in [4.78, 5) is 84.7. The first-order valence-corrected chi connectivity index (χ1v) is 20.9. The predicted molar refractivity (Wildman–Crippen MR) is 237 cm³/mol. The van der Waals surface area contributed by atoms with Gasteiger partial charge in [-0.25, -0.2) is 19.0 Å². The van der Waals surface area contributed by atoms with Gasteiger partial charge in [0.15, 0.2) is 0 Å². The van der Waals surface area contributed by atoms with Crippen molar-refractivity contribution in [1.82, 2.24) is 35.0 Å². The summed E-state index contributed by atoms with van der Waals surface area (Å²) >= 11 is 6.35. The second kappa shape index (κ2) is 18.9. The molecule has 3 heterocycles. The fourth-order valence-corrected chi connectivity index (χ4v) is 7.07. The highest BCUT2D eigenvalue weighted by Crippen LogP contribution is 2.31. The summed E-state index contributed by atoms with van der Waals surface area (Å²) in [6.07, 6.45) is 0.476. The third-order valence-corrected chi connectivity index (χ3v) is 10.2. The number of tetrazole rings is 1. The summed E-state index contributed by atoms with van der Waals surface area (Å²) < 4.78 is 13.7. The van der Waals surface area contributed by atoms with Crippen LogP contribution in [0.5, 0.6) is 0 Å². The molecule has 2 aromatic heterocycles. The third-order valence-electron chi connectivity index (χ3n) is 9.97. The number of fused-ring (bicyclic) bond motifs is 1. The molecule has 6 rings (SSSR count). The number of rotatable bonds is 12. The molecule has 2 atom stereocenters. The Hall–Kier alpha value is -6.86. The van der Waals surface area contributed by atoms with Gasteiger partial charge in [0.05, 0.1) is 29.5 Å². The molecule has 0 bridgehead atoms. The number of carbonyl (C=O) groups excluding carboxylic acids is 6. The number of halogens is 1. The van der Waals surface area contributed by atoms with E-state index in [1.807, 2.05) is 13.8 Å². The zero-order chi connectivity index (χ0) is 46.7. The number of aliphatic hydroxyl groups is 1. The van der Waals surface area contributed by atoms with Gasteiger partial charge in [0.25, 0.3) is 0 Å². The molecule has 1 aliphatic rings. The molecular formula is C44H51ClN10O9. The number of urea groups is 1. The number of hydrogen-bond donors (Lipinski definition) is 4. The Morgan fingerprint density at radius 2 is 1.52 bits per heavy atom. The second-order valence-electron chi connectivity index (χ2n) is 17.5. The van der Waals surface area contributed by atoms with E-state index in [4.69, 9.17) is 21.1 Å². The lowest BCUT2D eigenvalue weighted by Crippen LogP contribution is -2.60. The Morgan fingerprint density at radius 3 is 2.14 bits per heavy atom. The van der Waals surface area contributed by atoms with Crippen molar-refractivity contribution in [3.63, 3.8) is 0 Å². The van der Waals surface area contributed by atoms with Gasteiger partial charge < -0.3 is 40.3 Å². The Morgan fingerprint density at radius 1 is 0.828 bits per heavy atom. The smallest absolute Gasteiger partial charge is 0.419 e. The van der Waals surface area contributed by atoms with Gasteiger partial charge >= 0.3 is 29.9 Å². The minimum atomic E-state index is -1.24. The van der Waals surface area contributed by atoms with Crippen LogP contribution in [-0.2, 0) is 30.3 Å². The third kappa shape index (κ3) is 11.0. The van der Waals surface area contributed by atoms with E-state index in [0.29, 0.717) is 32.9 Å². The van der Waals surface area contributed by atoms with Gasteiger partial charge in [-0.15, -0.1) is 5.10 Å². The average molecular weight is 899 g/mol. The van der Waals surface area contributed by atoms with E-state index in [9.17, 15) is 33.9 Å². The van der Waals surface area contributed by atoms with E-state index in [2.05, 4.69) is 31.5 Å². The maximum Gasteiger partial charge on any atom is 0.419 e. The Bertz CT molecular complexity index is 2560. The molecule has 20 heteroatoms. The highest BCUT2D eigenvalue weighted by molar-refractivity contribution is 6.41. The first-order chi connectivity index (χ1) is 30.1. The molecule has 3 aromatic carbocycles. The van der Waals surface area contributed by atoms with Crippen LogP contribution in [0.4, 0.5) is 26.7 Å². The number of nitrogens with one attached hydrogen (secondary N) is 3. The van der Waals surface area contributed by atoms with Gasteiger partial charge in [-0.3, -0.25) is 14.4 Å². The number of aliphatic hydroxyl groups excluding tert-OH is 1. The summed E-state index contributed by atoms with van der Waals surface area (Å²) in [6, 6.07) is 15.2. The number of benzene rings is 3. The van der Waals surface area contributed by atoms with Crippen LogP contribution in [0.15, 0.2) is 73.1 Å². The molecule has 19 nitrogen and oxygen atoms in total. The van der Waals surface area contributed by atoms with Gasteiger partial charge in [0.1, 0.15) is 29.3 Å². The average Bonchev–Trinajstić information content (AvgIpc) is 3.88. The standard InChI is InChI=1S/C44H51ClN10O9/c1-25(2)31(23-56)49-41(61)48-29-12-9-26(10-13-29)19-35(53-18-17-52(38(58)39(53)59)34-22-28(45)11-15-33(34)54-24-46-50-51-54)37(57)47-30-14-16-32-27(20-30)21-36(40(60)63-43(3,4)5)55(32)42(62)64-44(6,7)8/h9-16,20-22,24-25,31,35,56H,17-19,23H2,1-8H3,(H,47,57)(H2,48,49,61)/t31-,35-/m0/s1. The van der Waals surface area contributed by atoms with Crippen molar-refractivity contribution >= 4 is 75.4 Å². The number of aromatic nitrogens is 5. The molecule has 1 aliphatic heterocycles. The number of piperazine rings is 1. The molecular weight excluding hydrogens is 848 g/mol. The lowest BCUT2D eigenvalue weighted by molar-refractivity contribution is -0.149. The van der Waals surface area contributed by atoms with E-state index in [1.54, 1.807) is 90.1 Å². The quantitative estimate of drug-likeness (QED) is 0.0889. The lowest BCUT2D eigenvalue weighted by Gasteiger charge is -2.38. The molecule has 4 N–H and O–H groups in total. The van der Waals surface area contributed by atoms with Crippen LogP contribution in [0.25, 0.3) is 16.6 Å². The van der Waals surface area contributed by atoms with Gasteiger partial charge in [-0.1, -0.05) is 37.6 Å². The van der Waals surface area contributed by atoms with Crippen LogP contribution in [0.3, 0.4) is 0 Å². The number of ether oxygens (including phenoxy) is 2. The molecule has 0 unspecified atom stereocenters. The molecule has 338 valence electrons. The molecule has 64 heavy (non-hydrogen) atoms. The van der Waals surface area contributed by atoms with Gasteiger partial charge in [-0.05, 0) is 118 Å². The van der Waals surface area contributed by atoms with E-state index < -0.39 is 59.1 Å². The van der Waals surface area contributed by atoms with E-state index in [-0.39, 0.29) is 49.1 Å². The molecule has 5 aromatic rings. The molecule has 5 amide bonds. The number of anilines is 3. The number of nitrogens with zero attached hydrogens (tertiary/aromatic N) is 7. The largest absolute Gasteiger partial charge is 0.455 e. The first kappa shape index (κ1) is 46.6. The fourth-order valence-electron chi connectivity index (χ4n) is 6.91. The topological polar surface area (TPSA) is 232 Å². The molecule has 0 spiro atoms. The van der Waals surface area contributed by atoms with E-state index >= 15 is 0 Å². The van der Waals surface area contributed by atoms with Gasteiger partial charge in [-0.2, -0.15) is 4.68 Å². The van der Waals surface area contributed by atoms with Crippen molar-refractivity contribution in [2.75, 3.05) is 35.2 Å². The lowest BCUT2D eigenvalue weighted by atomic mass is 10.0. The van der Waals surface area contributed by atoms with Crippen molar-refractivity contribution in [2.45, 2.75) is 85.1 Å². The minimum absolute atomic E-state index is 0.00824. The zero-order valence-corrected chi connectivity index (χ0v) is 37.5.